The highest BCUT2D eigenvalue weighted by atomic mass is 19.4. The summed E-state index contributed by atoms with van der Waals surface area (Å²) in [5, 5.41) is 5.65. The molecular formula is C18H27F3N2O2. The van der Waals surface area contributed by atoms with Crippen LogP contribution < -0.4 is 10.6 Å². The fourth-order valence-corrected chi connectivity index (χ4v) is 2.15. The lowest BCUT2D eigenvalue weighted by Crippen LogP contribution is -2.40. The molecule has 0 aliphatic carbocycles. The molecule has 0 radical (unpaired) electrons. The lowest BCUT2D eigenvalue weighted by Gasteiger charge is -2.15. The van der Waals surface area contributed by atoms with Gasteiger partial charge in [-0.15, -0.1) is 0 Å². The Morgan fingerprint density at radius 3 is 2.24 bits per heavy atom. The van der Waals surface area contributed by atoms with Gasteiger partial charge in [-0.2, -0.15) is 13.2 Å². The van der Waals surface area contributed by atoms with Crippen molar-refractivity contribution in [3.63, 3.8) is 0 Å². The van der Waals surface area contributed by atoms with Gasteiger partial charge < -0.3 is 15.4 Å². The Morgan fingerprint density at radius 2 is 1.68 bits per heavy atom. The zero-order chi connectivity index (χ0) is 18.9. The number of benzene rings is 1. The number of nitrogens with one attached hydrogen (secondary N) is 2. The third-order valence-corrected chi connectivity index (χ3v) is 3.57. The van der Waals surface area contributed by atoms with E-state index in [2.05, 4.69) is 29.2 Å². The predicted octanol–water partition coefficient (Wildman–Crippen LogP) is 4.39. The molecule has 0 fully saturated rings. The summed E-state index contributed by atoms with van der Waals surface area (Å²) in [7, 11) is 0. The summed E-state index contributed by atoms with van der Waals surface area (Å²) in [6, 6.07) is 6.78. The lowest BCUT2D eigenvalue weighted by atomic mass is 10.0. The second-order valence-corrected chi connectivity index (χ2v) is 6.62. The van der Waals surface area contributed by atoms with Crippen molar-refractivity contribution in [1.82, 2.24) is 10.6 Å². The quantitative estimate of drug-likeness (QED) is 0.686. The van der Waals surface area contributed by atoms with Crippen LogP contribution in [-0.4, -0.2) is 24.9 Å². The molecular weight excluding hydrogens is 333 g/mol. The number of urea groups is 1. The topological polar surface area (TPSA) is 50.4 Å². The molecule has 142 valence electrons. The Balaban J connectivity index is 2.29. The summed E-state index contributed by atoms with van der Waals surface area (Å²) < 4.78 is 40.6. The Hall–Kier alpha value is -1.76. The summed E-state index contributed by atoms with van der Waals surface area (Å²) in [4.78, 5) is 11.8. The number of ether oxygens (including phenoxy) is 1. The van der Waals surface area contributed by atoms with Gasteiger partial charge in [0.25, 0.3) is 0 Å². The number of alkyl halides is 3. The molecule has 0 aromatic heterocycles. The second-order valence-electron chi connectivity index (χ2n) is 6.62. The smallest absolute Gasteiger partial charge is 0.367 e. The van der Waals surface area contributed by atoms with Crippen LogP contribution >= 0.6 is 0 Å². The minimum atomic E-state index is -4.32. The van der Waals surface area contributed by atoms with Crippen molar-refractivity contribution in [3.05, 3.63) is 35.4 Å². The van der Waals surface area contributed by atoms with Gasteiger partial charge in [-0.25, -0.2) is 4.79 Å². The van der Waals surface area contributed by atoms with E-state index in [-0.39, 0.29) is 18.7 Å². The number of hydrogen-bond donors (Lipinski definition) is 2. The van der Waals surface area contributed by atoms with Gasteiger partial charge in [0.1, 0.15) is 6.61 Å². The molecule has 0 bridgehead atoms. The Bertz CT molecular complexity index is 516. The van der Waals surface area contributed by atoms with E-state index < -0.39 is 12.8 Å². The van der Waals surface area contributed by atoms with Crippen LogP contribution in [-0.2, 0) is 17.9 Å². The number of halogens is 3. The third kappa shape index (κ3) is 10.7. The van der Waals surface area contributed by atoms with Gasteiger partial charge in [0.15, 0.2) is 0 Å². The molecule has 7 heteroatoms. The molecule has 0 spiro atoms. The molecule has 0 heterocycles. The number of rotatable bonds is 9. The van der Waals surface area contributed by atoms with E-state index in [1.807, 2.05) is 6.92 Å². The zero-order valence-corrected chi connectivity index (χ0v) is 15.0. The van der Waals surface area contributed by atoms with Crippen LogP contribution in [0.25, 0.3) is 0 Å². The molecule has 1 unspecified atom stereocenters. The Labute approximate surface area is 147 Å². The van der Waals surface area contributed by atoms with Gasteiger partial charge in [-0.1, -0.05) is 38.1 Å². The average Bonchev–Trinajstić information content (AvgIpc) is 2.51. The van der Waals surface area contributed by atoms with Gasteiger partial charge in [0.2, 0.25) is 0 Å². The van der Waals surface area contributed by atoms with Gasteiger partial charge in [-0.3, -0.25) is 0 Å². The summed E-state index contributed by atoms with van der Waals surface area (Å²) in [6.07, 6.45) is -2.33. The van der Waals surface area contributed by atoms with E-state index in [1.54, 1.807) is 24.3 Å². The predicted molar refractivity (Wildman–Crippen MR) is 91.1 cm³/mol. The van der Waals surface area contributed by atoms with Crippen molar-refractivity contribution in [1.29, 1.82) is 0 Å². The maximum atomic E-state index is 12.0. The molecule has 0 saturated heterocycles. The highest BCUT2D eigenvalue weighted by molar-refractivity contribution is 5.74. The molecule has 25 heavy (non-hydrogen) atoms. The van der Waals surface area contributed by atoms with Crippen molar-refractivity contribution >= 4 is 6.03 Å². The normalized spacial score (nSPS) is 12.9. The van der Waals surface area contributed by atoms with E-state index in [4.69, 9.17) is 0 Å². The van der Waals surface area contributed by atoms with E-state index in [0.29, 0.717) is 18.0 Å². The number of hydrogen-bond acceptors (Lipinski definition) is 2. The van der Waals surface area contributed by atoms with E-state index in [9.17, 15) is 18.0 Å². The van der Waals surface area contributed by atoms with Gasteiger partial charge in [0, 0.05) is 12.6 Å². The van der Waals surface area contributed by atoms with Crippen LogP contribution in [0, 0.1) is 5.92 Å². The maximum Gasteiger partial charge on any atom is 0.411 e. The van der Waals surface area contributed by atoms with Crippen molar-refractivity contribution in [2.75, 3.05) is 6.61 Å². The molecule has 0 aliphatic heterocycles. The van der Waals surface area contributed by atoms with Crippen molar-refractivity contribution in [3.8, 4) is 0 Å². The average molecular weight is 360 g/mol. The maximum absolute atomic E-state index is 12.0. The number of carbonyl (C=O) groups excluding carboxylic acids is 1. The first-order chi connectivity index (χ1) is 11.7. The van der Waals surface area contributed by atoms with Gasteiger partial charge in [0.05, 0.1) is 6.61 Å². The zero-order valence-electron chi connectivity index (χ0n) is 15.0. The highest BCUT2D eigenvalue weighted by Gasteiger charge is 2.27. The molecule has 1 aromatic rings. The lowest BCUT2D eigenvalue weighted by molar-refractivity contribution is -0.176. The monoisotopic (exact) mass is 360 g/mol. The standard InChI is InChI=1S/C18H27F3N2O2/c1-13(2)4-5-14(3)23-17(24)22-10-15-6-8-16(9-7-15)11-25-12-18(19,20)21/h6-9,13-14H,4-5,10-12H2,1-3H3,(H2,22,23,24). The van der Waals surface area contributed by atoms with Crippen LogP contribution in [0.5, 0.6) is 0 Å². The summed E-state index contributed by atoms with van der Waals surface area (Å²) in [6.45, 7) is 5.26. The first-order valence-electron chi connectivity index (χ1n) is 8.42. The van der Waals surface area contributed by atoms with Crippen LogP contribution in [0.2, 0.25) is 0 Å². The molecule has 1 rings (SSSR count). The molecule has 2 amide bonds. The Kier molecular flexibility index (Phi) is 8.75. The first kappa shape index (κ1) is 21.3. The molecule has 0 aliphatic rings. The van der Waals surface area contributed by atoms with Crippen LogP contribution in [0.4, 0.5) is 18.0 Å². The van der Waals surface area contributed by atoms with Crippen LogP contribution in [0.15, 0.2) is 24.3 Å². The molecule has 1 aromatic carbocycles. The first-order valence-corrected chi connectivity index (χ1v) is 8.42. The SMILES string of the molecule is CC(C)CCC(C)NC(=O)NCc1ccc(COCC(F)(F)F)cc1. The minimum Gasteiger partial charge on any atom is -0.367 e. The minimum absolute atomic E-state index is 0.0962. The Morgan fingerprint density at radius 1 is 1.08 bits per heavy atom. The second kappa shape index (κ2) is 10.3. The van der Waals surface area contributed by atoms with E-state index >= 15 is 0 Å². The third-order valence-electron chi connectivity index (χ3n) is 3.57. The molecule has 2 N–H and O–H groups in total. The van der Waals surface area contributed by atoms with Gasteiger partial charge in [-0.05, 0) is 36.8 Å². The van der Waals surface area contributed by atoms with Crippen molar-refractivity contribution in [2.24, 2.45) is 5.92 Å². The summed E-state index contributed by atoms with van der Waals surface area (Å²) in [5.74, 6) is 0.603. The van der Waals surface area contributed by atoms with Gasteiger partial charge >= 0.3 is 12.2 Å². The summed E-state index contributed by atoms with van der Waals surface area (Å²) in [5.41, 5.74) is 1.52. The number of carbonyl (C=O) groups is 1. The van der Waals surface area contributed by atoms with Crippen molar-refractivity contribution in [2.45, 2.75) is 59.0 Å². The fraction of sp³-hybridized carbons (Fsp3) is 0.611. The largest absolute Gasteiger partial charge is 0.411 e. The van der Waals surface area contributed by atoms with E-state index in [1.165, 1.54) is 0 Å². The molecule has 0 saturated carbocycles. The van der Waals surface area contributed by atoms with Crippen molar-refractivity contribution < 1.29 is 22.7 Å². The van der Waals surface area contributed by atoms with E-state index in [0.717, 1.165) is 18.4 Å². The fourth-order valence-electron chi connectivity index (χ4n) is 2.15. The molecule has 1 atom stereocenters. The highest BCUT2D eigenvalue weighted by Crippen LogP contribution is 2.15. The number of amides is 2. The summed E-state index contributed by atoms with van der Waals surface area (Å²) >= 11 is 0. The van der Waals surface area contributed by atoms with Crippen LogP contribution in [0.3, 0.4) is 0 Å². The van der Waals surface area contributed by atoms with Crippen LogP contribution in [0.1, 0.15) is 44.7 Å². The molecule has 4 nitrogen and oxygen atoms in total.